The molecule has 0 spiro atoms. The van der Waals surface area contributed by atoms with E-state index >= 15 is 0 Å². The highest BCUT2D eigenvalue weighted by Gasteiger charge is 2.11. The fourth-order valence-corrected chi connectivity index (χ4v) is 2.58. The third kappa shape index (κ3) is 3.67. The van der Waals surface area contributed by atoms with Crippen LogP contribution in [0.5, 0.6) is 0 Å². The van der Waals surface area contributed by atoms with E-state index in [0.29, 0.717) is 0 Å². The van der Waals surface area contributed by atoms with E-state index in [9.17, 15) is 5.11 Å². The Morgan fingerprint density at radius 2 is 1.95 bits per heavy atom. The van der Waals surface area contributed by atoms with Crippen LogP contribution in [0.1, 0.15) is 11.1 Å². The summed E-state index contributed by atoms with van der Waals surface area (Å²) in [7, 11) is 0. The molecule has 0 unspecified atom stereocenters. The predicted octanol–water partition coefficient (Wildman–Crippen LogP) is 2.07. The topological polar surface area (TPSA) is 45.6 Å². The molecule has 0 bridgehead atoms. The van der Waals surface area contributed by atoms with Gasteiger partial charge < -0.3 is 9.84 Å². The zero-order chi connectivity index (χ0) is 14.5. The molecule has 110 valence electrons. The zero-order valence-electron chi connectivity index (χ0n) is 12.0. The van der Waals surface area contributed by atoms with Gasteiger partial charge in [0.15, 0.2) is 0 Å². The number of rotatable bonds is 4. The summed E-state index contributed by atoms with van der Waals surface area (Å²) in [5.74, 6) is 0. The SMILES string of the molecule is OCc1ccnc(-c2cccc(CN3CCOCC3)c2)c1. The van der Waals surface area contributed by atoms with Crippen molar-refractivity contribution in [1.29, 1.82) is 0 Å². The van der Waals surface area contributed by atoms with Crippen molar-refractivity contribution in [2.24, 2.45) is 0 Å². The molecule has 1 aromatic carbocycles. The molecule has 1 aliphatic heterocycles. The van der Waals surface area contributed by atoms with E-state index in [1.54, 1.807) is 6.20 Å². The average Bonchev–Trinajstić information content (AvgIpc) is 2.56. The summed E-state index contributed by atoms with van der Waals surface area (Å²) in [6, 6.07) is 12.2. The summed E-state index contributed by atoms with van der Waals surface area (Å²) >= 11 is 0. The first kappa shape index (κ1) is 14.2. The van der Waals surface area contributed by atoms with Gasteiger partial charge in [-0.15, -0.1) is 0 Å². The molecule has 4 nitrogen and oxygen atoms in total. The summed E-state index contributed by atoms with van der Waals surface area (Å²) in [6.07, 6.45) is 1.75. The quantitative estimate of drug-likeness (QED) is 0.933. The lowest BCUT2D eigenvalue weighted by molar-refractivity contribution is 0.0342. The summed E-state index contributed by atoms with van der Waals surface area (Å²) < 4.78 is 5.38. The fourth-order valence-electron chi connectivity index (χ4n) is 2.58. The number of morpholine rings is 1. The first-order valence-corrected chi connectivity index (χ1v) is 7.30. The Kier molecular flexibility index (Phi) is 4.60. The Bertz CT molecular complexity index is 595. The number of nitrogens with zero attached hydrogens (tertiary/aromatic N) is 2. The number of aliphatic hydroxyl groups is 1. The number of benzene rings is 1. The second-order valence-electron chi connectivity index (χ2n) is 5.30. The van der Waals surface area contributed by atoms with Gasteiger partial charge in [0.05, 0.1) is 25.5 Å². The molecule has 1 aromatic heterocycles. The van der Waals surface area contributed by atoms with E-state index in [4.69, 9.17) is 4.74 Å². The molecule has 1 saturated heterocycles. The highest BCUT2D eigenvalue weighted by molar-refractivity contribution is 5.60. The number of aromatic nitrogens is 1. The van der Waals surface area contributed by atoms with Gasteiger partial charge in [0, 0.05) is 31.4 Å². The van der Waals surface area contributed by atoms with E-state index in [1.807, 2.05) is 12.1 Å². The molecular weight excluding hydrogens is 264 g/mol. The molecule has 2 heterocycles. The Morgan fingerprint density at radius 1 is 1.10 bits per heavy atom. The minimum absolute atomic E-state index is 0.0446. The van der Waals surface area contributed by atoms with Crippen LogP contribution in [0.15, 0.2) is 42.6 Å². The van der Waals surface area contributed by atoms with Gasteiger partial charge in [0.2, 0.25) is 0 Å². The van der Waals surface area contributed by atoms with Gasteiger partial charge in [-0.1, -0.05) is 18.2 Å². The van der Waals surface area contributed by atoms with Gasteiger partial charge in [0.25, 0.3) is 0 Å². The summed E-state index contributed by atoms with van der Waals surface area (Å²) in [5, 5.41) is 9.23. The lowest BCUT2D eigenvalue weighted by Gasteiger charge is -2.26. The van der Waals surface area contributed by atoms with Gasteiger partial charge in [-0.2, -0.15) is 0 Å². The van der Waals surface area contributed by atoms with Crippen LogP contribution in [-0.4, -0.2) is 41.3 Å². The van der Waals surface area contributed by atoms with Crippen molar-refractivity contribution in [1.82, 2.24) is 9.88 Å². The summed E-state index contributed by atoms with van der Waals surface area (Å²) in [6.45, 7) is 4.60. The van der Waals surface area contributed by atoms with Gasteiger partial charge in [-0.3, -0.25) is 9.88 Å². The molecule has 2 aromatic rings. The van der Waals surface area contributed by atoms with E-state index in [1.165, 1.54) is 5.56 Å². The van der Waals surface area contributed by atoms with Crippen LogP contribution in [-0.2, 0) is 17.9 Å². The van der Waals surface area contributed by atoms with Crippen LogP contribution in [0.3, 0.4) is 0 Å². The number of hydrogen-bond donors (Lipinski definition) is 1. The monoisotopic (exact) mass is 284 g/mol. The summed E-state index contributed by atoms with van der Waals surface area (Å²) in [4.78, 5) is 6.80. The molecule has 0 amide bonds. The van der Waals surface area contributed by atoms with Gasteiger partial charge in [-0.05, 0) is 29.3 Å². The standard InChI is InChI=1S/C17H20N2O2/c20-13-15-4-5-18-17(11-15)16-3-1-2-14(10-16)12-19-6-8-21-9-7-19/h1-5,10-11,20H,6-9,12-13H2. The van der Waals surface area contributed by atoms with Crippen LogP contribution in [0.4, 0.5) is 0 Å². The molecular formula is C17H20N2O2. The van der Waals surface area contributed by atoms with Crippen LogP contribution < -0.4 is 0 Å². The first-order valence-electron chi connectivity index (χ1n) is 7.30. The van der Waals surface area contributed by atoms with E-state index in [0.717, 1.165) is 49.7 Å². The third-order valence-corrected chi connectivity index (χ3v) is 3.74. The van der Waals surface area contributed by atoms with Crippen molar-refractivity contribution >= 4 is 0 Å². The molecule has 4 heteroatoms. The molecule has 0 radical (unpaired) electrons. The smallest absolute Gasteiger partial charge is 0.0705 e. The van der Waals surface area contributed by atoms with Crippen molar-refractivity contribution in [3.05, 3.63) is 53.7 Å². The van der Waals surface area contributed by atoms with Crippen LogP contribution in [0.2, 0.25) is 0 Å². The van der Waals surface area contributed by atoms with E-state index in [2.05, 4.69) is 34.1 Å². The predicted molar refractivity (Wildman–Crippen MR) is 81.7 cm³/mol. The third-order valence-electron chi connectivity index (χ3n) is 3.74. The van der Waals surface area contributed by atoms with Crippen LogP contribution in [0, 0.1) is 0 Å². The highest BCUT2D eigenvalue weighted by Crippen LogP contribution is 2.20. The Balaban J connectivity index is 1.78. The van der Waals surface area contributed by atoms with Crippen LogP contribution in [0.25, 0.3) is 11.3 Å². The van der Waals surface area contributed by atoms with Crippen LogP contribution >= 0.6 is 0 Å². The molecule has 3 rings (SSSR count). The van der Waals surface area contributed by atoms with Gasteiger partial charge in [-0.25, -0.2) is 0 Å². The van der Waals surface area contributed by atoms with Crippen molar-refractivity contribution < 1.29 is 9.84 Å². The molecule has 1 fully saturated rings. The Labute approximate surface area is 125 Å². The normalized spacial score (nSPS) is 16.0. The Morgan fingerprint density at radius 3 is 2.76 bits per heavy atom. The maximum absolute atomic E-state index is 9.23. The number of pyridine rings is 1. The maximum atomic E-state index is 9.23. The zero-order valence-corrected chi connectivity index (χ0v) is 12.0. The lowest BCUT2D eigenvalue weighted by Crippen LogP contribution is -2.35. The number of ether oxygens (including phenoxy) is 1. The van der Waals surface area contributed by atoms with Gasteiger partial charge >= 0.3 is 0 Å². The molecule has 0 aliphatic carbocycles. The van der Waals surface area contributed by atoms with E-state index < -0.39 is 0 Å². The molecule has 0 saturated carbocycles. The second-order valence-corrected chi connectivity index (χ2v) is 5.30. The molecule has 21 heavy (non-hydrogen) atoms. The van der Waals surface area contributed by atoms with Crippen molar-refractivity contribution in [3.63, 3.8) is 0 Å². The molecule has 1 N–H and O–H groups in total. The Hall–Kier alpha value is -1.75. The largest absolute Gasteiger partial charge is 0.392 e. The first-order chi connectivity index (χ1) is 10.3. The maximum Gasteiger partial charge on any atom is 0.0705 e. The fraction of sp³-hybridized carbons (Fsp3) is 0.353. The van der Waals surface area contributed by atoms with E-state index in [-0.39, 0.29) is 6.61 Å². The minimum Gasteiger partial charge on any atom is -0.392 e. The van der Waals surface area contributed by atoms with Crippen molar-refractivity contribution in [2.45, 2.75) is 13.2 Å². The van der Waals surface area contributed by atoms with Crippen molar-refractivity contribution in [2.75, 3.05) is 26.3 Å². The summed E-state index contributed by atoms with van der Waals surface area (Å²) in [5.41, 5.74) is 4.17. The highest BCUT2D eigenvalue weighted by atomic mass is 16.5. The second kappa shape index (κ2) is 6.80. The van der Waals surface area contributed by atoms with Gasteiger partial charge in [0.1, 0.15) is 0 Å². The minimum atomic E-state index is 0.0446. The lowest BCUT2D eigenvalue weighted by atomic mass is 10.1. The molecule has 0 atom stereocenters. The molecule has 1 aliphatic rings. The van der Waals surface area contributed by atoms with Crippen molar-refractivity contribution in [3.8, 4) is 11.3 Å². The number of hydrogen-bond acceptors (Lipinski definition) is 4. The average molecular weight is 284 g/mol. The number of aliphatic hydroxyl groups excluding tert-OH is 1.